The zero-order valence-corrected chi connectivity index (χ0v) is 17.1. The molecule has 1 spiro atoms. The Morgan fingerprint density at radius 2 is 1.65 bits per heavy atom. The van der Waals surface area contributed by atoms with Gasteiger partial charge in [0.15, 0.2) is 0 Å². The second-order valence-corrected chi connectivity index (χ2v) is 10.4. The Morgan fingerprint density at radius 3 is 2.19 bits per heavy atom. The molecule has 0 amide bonds. The van der Waals surface area contributed by atoms with Crippen molar-refractivity contribution in [2.45, 2.75) is 83.6 Å². The van der Waals surface area contributed by atoms with E-state index in [0.717, 1.165) is 13.1 Å². The fraction of sp³-hybridized carbons (Fsp3) is 0.727. The number of rotatable bonds is 3. The maximum atomic E-state index is 6.22. The molecule has 4 rings (SSSR count). The molecule has 2 saturated carbocycles. The van der Waals surface area contributed by atoms with Gasteiger partial charge in [-0.05, 0) is 89.5 Å². The highest BCUT2D eigenvalue weighted by molar-refractivity contribution is 5.61. The molecule has 1 heterocycles. The number of morpholine rings is 1. The van der Waals surface area contributed by atoms with Crippen LogP contribution in [0.2, 0.25) is 0 Å². The largest absolute Gasteiger partial charge is 0.382 e. The molecule has 0 bridgehead atoms. The Labute approximate surface area is 158 Å². The van der Waals surface area contributed by atoms with Crippen LogP contribution >= 0.6 is 0 Å². The molecule has 0 atom stereocenters. The standard InChI is InChI=1S/C22H35N3O/c1-15-8-18(25-13-20(2,3)26-21(4,5)14-25)6-7-19(15)24-17-11-22(12-17)9-16(23)10-22/h6-8,16-17,24H,9-14,23H2,1-5H3. The highest BCUT2D eigenvalue weighted by Crippen LogP contribution is 2.56. The first-order valence-corrected chi connectivity index (χ1v) is 10.1. The maximum Gasteiger partial charge on any atom is 0.0808 e. The van der Waals surface area contributed by atoms with Crippen molar-refractivity contribution in [1.82, 2.24) is 0 Å². The predicted octanol–water partition coefficient (Wildman–Crippen LogP) is 4.07. The van der Waals surface area contributed by atoms with Crippen LogP contribution in [0.3, 0.4) is 0 Å². The third-order valence-electron chi connectivity index (χ3n) is 6.38. The van der Waals surface area contributed by atoms with Gasteiger partial charge in [0, 0.05) is 36.5 Å². The van der Waals surface area contributed by atoms with Crippen LogP contribution in [-0.4, -0.2) is 36.4 Å². The Hall–Kier alpha value is -1.26. The molecule has 3 fully saturated rings. The zero-order chi connectivity index (χ0) is 18.7. The summed E-state index contributed by atoms with van der Waals surface area (Å²) in [5.41, 5.74) is 10.2. The molecule has 0 aromatic heterocycles. The summed E-state index contributed by atoms with van der Waals surface area (Å²) >= 11 is 0. The van der Waals surface area contributed by atoms with Crippen molar-refractivity contribution in [3.05, 3.63) is 23.8 Å². The van der Waals surface area contributed by atoms with Gasteiger partial charge in [0.25, 0.3) is 0 Å². The number of nitrogens with two attached hydrogens (primary N) is 1. The van der Waals surface area contributed by atoms with Crippen molar-refractivity contribution in [3.63, 3.8) is 0 Å². The monoisotopic (exact) mass is 357 g/mol. The van der Waals surface area contributed by atoms with Crippen molar-refractivity contribution in [2.24, 2.45) is 11.1 Å². The Bertz CT molecular complexity index is 667. The van der Waals surface area contributed by atoms with Crippen molar-refractivity contribution < 1.29 is 4.74 Å². The summed E-state index contributed by atoms with van der Waals surface area (Å²) in [6.07, 6.45) is 5.03. The van der Waals surface area contributed by atoms with Gasteiger partial charge in [-0.3, -0.25) is 0 Å². The molecule has 2 aliphatic carbocycles. The Balaban J connectivity index is 1.42. The normalized spacial score (nSPS) is 34.9. The minimum atomic E-state index is -0.129. The molecule has 1 aromatic carbocycles. The van der Waals surface area contributed by atoms with Crippen LogP contribution in [-0.2, 0) is 4.74 Å². The van der Waals surface area contributed by atoms with Crippen LogP contribution in [0.25, 0.3) is 0 Å². The van der Waals surface area contributed by atoms with E-state index in [2.05, 4.69) is 63.0 Å². The molecule has 4 heteroatoms. The number of nitrogens with zero attached hydrogens (tertiary/aromatic N) is 1. The van der Waals surface area contributed by atoms with E-state index in [1.165, 1.54) is 42.6 Å². The molecule has 3 N–H and O–H groups in total. The van der Waals surface area contributed by atoms with Crippen molar-refractivity contribution in [2.75, 3.05) is 23.3 Å². The van der Waals surface area contributed by atoms with Crippen molar-refractivity contribution in [1.29, 1.82) is 0 Å². The van der Waals surface area contributed by atoms with E-state index in [0.29, 0.717) is 17.5 Å². The maximum absolute atomic E-state index is 6.22. The number of anilines is 2. The van der Waals surface area contributed by atoms with E-state index in [1.54, 1.807) is 0 Å². The van der Waals surface area contributed by atoms with E-state index in [4.69, 9.17) is 10.5 Å². The summed E-state index contributed by atoms with van der Waals surface area (Å²) in [6, 6.07) is 7.93. The topological polar surface area (TPSA) is 50.5 Å². The first-order valence-electron chi connectivity index (χ1n) is 10.1. The van der Waals surface area contributed by atoms with Crippen LogP contribution in [0.5, 0.6) is 0 Å². The Kier molecular flexibility index (Phi) is 4.09. The lowest BCUT2D eigenvalue weighted by Gasteiger charge is -2.57. The molecule has 1 saturated heterocycles. The van der Waals surface area contributed by atoms with E-state index in [1.807, 2.05) is 0 Å². The molecule has 1 aliphatic heterocycles. The van der Waals surface area contributed by atoms with Gasteiger partial charge in [-0.15, -0.1) is 0 Å². The van der Waals surface area contributed by atoms with E-state index >= 15 is 0 Å². The molecular weight excluding hydrogens is 322 g/mol. The molecule has 3 aliphatic rings. The summed E-state index contributed by atoms with van der Waals surface area (Å²) in [5, 5.41) is 3.76. The van der Waals surface area contributed by atoms with Crippen LogP contribution in [0.15, 0.2) is 18.2 Å². The lowest BCUT2D eigenvalue weighted by Crippen LogP contribution is -2.57. The second kappa shape index (κ2) is 5.87. The van der Waals surface area contributed by atoms with Gasteiger partial charge in [0.05, 0.1) is 11.2 Å². The molecule has 0 radical (unpaired) electrons. The third kappa shape index (κ3) is 3.46. The fourth-order valence-corrected chi connectivity index (χ4v) is 5.67. The summed E-state index contributed by atoms with van der Waals surface area (Å²) in [5.74, 6) is 0. The SMILES string of the molecule is Cc1cc(N2CC(C)(C)OC(C)(C)C2)ccc1NC1CC2(CC(N)C2)C1. The first-order chi connectivity index (χ1) is 12.0. The summed E-state index contributed by atoms with van der Waals surface area (Å²) in [6.45, 7) is 12.8. The molecule has 0 unspecified atom stereocenters. The zero-order valence-electron chi connectivity index (χ0n) is 17.1. The lowest BCUT2D eigenvalue weighted by atomic mass is 9.52. The fourth-order valence-electron chi connectivity index (χ4n) is 5.67. The van der Waals surface area contributed by atoms with Crippen LogP contribution in [0.4, 0.5) is 11.4 Å². The Morgan fingerprint density at radius 1 is 1.04 bits per heavy atom. The average molecular weight is 358 g/mol. The number of aryl methyl sites for hydroxylation is 1. The highest BCUT2D eigenvalue weighted by atomic mass is 16.5. The molecule has 1 aromatic rings. The van der Waals surface area contributed by atoms with Crippen molar-refractivity contribution >= 4 is 11.4 Å². The number of ether oxygens (including phenoxy) is 1. The van der Waals surface area contributed by atoms with E-state index < -0.39 is 0 Å². The van der Waals surface area contributed by atoms with Gasteiger partial charge in [-0.2, -0.15) is 0 Å². The summed E-state index contributed by atoms with van der Waals surface area (Å²) in [4.78, 5) is 2.47. The number of benzene rings is 1. The van der Waals surface area contributed by atoms with E-state index in [9.17, 15) is 0 Å². The van der Waals surface area contributed by atoms with Gasteiger partial charge in [0.2, 0.25) is 0 Å². The molecule has 4 nitrogen and oxygen atoms in total. The summed E-state index contributed by atoms with van der Waals surface area (Å²) in [7, 11) is 0. The van der Waals surface area contributed by atoms with Gasteiger partial charge in [0.1, 0.15) is 0 Å². The predicted molar refractivity (Wildman–Crippen MR) is 109 cm³/mol. The number of nitrogens with one attached hydrogen (secondary N) is 1. The second-order valence-electron chi connectivity index (χ2n) is 10.4. The van der Waals surface area contributed by atoms with Gasteiger partial charge in [-0.1, -0.05) is 0 Å². The van der Waals surface area contributed by atoms with Gasteiger partial charge < -0.3 is 20.7 Å². The number of hydrogen-bond acceptors (Lipinski definition) is 4. The lowest BCUT2D eigenvalue weighted by molar-refractivity contribution is -0.133. The smallest absolute Gasteiger partial charge is 0.0808 e. The first kappa shape index (κ1) is 18.1. The number of hydrogen-bond donors (Lipinski definition) is 2. The average Bonchev–Trinajstić information content (AvgIpc) is 2.42. The van der Waals surface area contributed by atoms with Crippen LogP contribution < -0.4 is 16.0 Å². The van der Waals surface area contributed by atoms with Crippen molar-refractivity contribution in [3.8, 4) is 0 Å². The molecular formula is C22H35N3O. The third-order valence-corrected chi connectivity index (χ3v) is 6.38. The molecule has 26 heavy (non-hydrogen) atoms. The highest BCUT2D eigenvalue weighted by Gasteiger charge is 2.51. The van der Waals surface area contributed by atoms with Crippen LogP contribution in [0, 0.1) is 12.3 Å². The van der Waals surface area contributed by atoms with Gasteiger partial charge in [-0.25, -0.2) is 0 Å². The van der Waals surface area contributed by atoms with Crippen LogP contribution in [0.1, 0.15) is 58.9 Å². The van der Waals surface area contributed by atoms with E-state index in [-0.39, 0.29) is 11.2 Å². The quantitative estimate of drug-likeness (QED) is 0.856. The summed E-state index contributed by atoms with van der Waals surface area (Å²) < 4.78 is 6.22. The minimum Gasteiger partial charge on any atom is -0.382 e. The van der Waals surface area contributed by atoms with Gasteiger partial charge >= 0.3 is 0 Å². The molecule has 144 valence electrons. The minimum absolute atomic E-state index is 0.129.